The molecule has 0 heterocycles. The Kier molecular flexibility index (Phi) is 3.87. The van der Waals surface area contributed by atoms with E-state index in [1.165, 1.54) is 11.3 Å². The largest absolute Gasteiger partial charge is 0.371 e. The van der Waals surface area contributed by atoms with Crippen molar-refractivity contribution in [1.29, 1.82) is 0 Å². The number of carbonyl (C=O) groups excluding carboxylic acids is 1. The van der Waals surface area contributed by atoms with Crippen molar-refractivity contribution in [2.24, 2.45) is 0 Å². The molecule has 0 bridgehead atoms. The number of hydrogen-bond acceptors (Lipinski definition) is 2. The predicted molar refractivity (Wildman–Crippen MR) is 74.5 cm³/mol. The van der Waals surface area contributed by atoms with Crippen LogP contribution in [0.2, 0.25) is 0 Å². The van der Waals surface area contributed by atoms with Crippen molar-refractivity contribution >= 4 is 27.4 Å². The minimum absolute atomic E-state index is 0.419. The minimum Gasteiger partial charge on any atom is -0.371 e. The molecule has 2 nitrogen and oxygen atoms in total. The molecule has 1 aliphatic carbocycles. The van der Waals surface area contributed by atoms with Crippen LogP contribution in [-0.2, 0) is 4.79 Å². The van der Waals surface area contributed by atoms with E-state index < -0.39 is 0 Å². The quantitative estimate of drug-likeness (QED) is 0.829. The van der Waals surface area contributed by atoms with Crippen LogP contribution in [0.25, 0.3) is 0 Å². The smallest absolute Gasteiger partial charge is 0.133 e. The normalized spacial score (nSPS) is 17.2. The zero-order valence-electron chi connectivity index (χ0n) is 10.4. The van der Waals surface area contributed by atoms with Gasteiger partial charge in [-0.1, -0.05) is 15.9 Å². The molecule has 0 radical (unpaired) electrons. The van der Waals surface area contributed by atoms with Crippen molar-refractivity contribution in [2.45, 2.75) is 38.6 Å². The van der Waals surface area contributed by atoms with Crippen LogP contribution in [0, 0.1) is 6.92 Å². The van der Waals surface area contributed by atoms with Crippen LogP contribution in [-0.4, -0.2) is 18.9 Å². The van der Waals surface area contributed by atoms with Gasteiger partial charge in [0.2, 0.25) is 0 Å². The van der Waals surface area contributed by atoms with E-state index in [9.17, 15) is 4.79 Å². The summed E-state index contributed by atoms with van der Waals surface area (Å²) in [5.41, 5.74) is 2.55. The second kappa shape index (κ2) is 5.21. The summed E-state index contributed by atoms with van der Waals surface area (Å²) in [4.78, 5) is 13.6. The van der Waals surface area contributed by atoms with Crippen LogP contribution in [0.4, 0.5) is 5.69 Å². The maximum absolute atomic E-state index is 11.3. The van der Waals surface area contributed by atoms with Crippen molar-refractivity contribution < 1.29 is 4.79 Å². The second-order valence-corrected chi connectivity index (χ2v) is 5.73. The van der Waals surface area contributed by atoms with Crippen molar-refractivity contribution in [3.05, 3.63) is 28.2 Å². The molecule has 0 amide bonds. The summed E-state index contributed by atoms with van der Waals surface area (Å²) in [6.07, 6.45) is 3.46. The van der Waals surface area contributed by atoms with E-state index in [1.807, 2.05) is 0 Å². The Bertz CT molecular complexity index is 420. The van der Waals surface area contributed by atoms with Crippen molar-refractivity contribution in [1.82, 2.24) is 0 Å². The Hall–Kier alpha value is -0.830. The molecule has 0 saturated heterocycles. The van der Waals surface area contributed by atoms with Crippen LogP contribution < -0.4 is 4.90 Å². The lowest BCUT2D eigenvalue weighted by Gasteiger charge is -2.33. The van der Waals surface area contributed by atoms with Gasteiger partial charge in [-0.15, -0.1) is 0 Å². The zero-order chi connectivity index (χ0) is 12.4. The van der Waals surface area contributed by atoms with E-state index in [1.54, 1.807) is 0 Å². The lowest BCUT2D eigenvalue weighted by atomic mass is 9.93. The van der Waals surface area contributed by atoms with Gasteiger partial charge in [0.1, 0.15) is 5.78 Å². The number of nitrogens with zero attached hydrogens (tertiary/aromatic N) is 1. The van der Waals surface area contributed by atoms with Gasteiger partial charge < -0.3 is 4.90 Å². The Balaban J connectivity index is 2.13. The average Bonchev–Trinajstić information content (AvgIpc) is 2.29. The van der Waals surface area contributed by atoms with Gasteiger partial charge in [0, 0.05) is 36.1 Å². The first-order valence-corrected chi connectivity index (χ1v) is 6.88. The van der Waals surface area contributed by atoms with E-state index in [2.05, 4.69) is 53.0 Å². The Morgan fingerprint density at radius 3 is 2.53 bits per heavy atom. The average molecular weight is 296 g/mol. The Labute approximate surface area is 111 Å². The van der Waals surface area contributed by atoms with Crippen LogP contribution in [0.3, 0.4) is 0 Å². The lowest BCUT2D eigenvalue weighted by molar-refractivity contribution is -0.120. The number of carbonyl (C=O) groups is 1. The SMILES string of the molecule is Cc1cc(Br)ccc1N(C)C1CCC(=O)CC1. The number of hydrogen-bond donors (Lipinski definition) is 0. The first-order valence-electron chi connectivity index (χ1n) is 6.08. The summed E-state index contributed by atoms with van der Waals surface area (Å²) < 4.78 is 1.12. The summed E-state index contributed by atoms with van der Waals surface area (Å²) in [6, 6.07) is 6.87. The van der Waals surface area contributed by atoms with E-state index in [0.717, 1.165) is 30.2 Å². The second-order valence-electron chi connectivity index (χ2n) is 4.81. The molecule has 1 aromatic carbocycles. The summed E-state index contributed by atoms with van der Waals surface area (Å²) >= 11 is 3.49. The molecule has 2 rings (SSSR count). The number of anilines is 1. The highest BCUT2D eigenvalue weighted by molar-refractivity contribution is 9.10. The highest BCUT2D eigenvalue weighted by Gasteiger charge is 2.23. The molecule has 1 aliphatic rings. The molecule has 0 aromatic heterocycles. The van der Waals surface area contributed by atoms with Gasteiger partial charge in [0.05, 0.1) is 0 Å². The molecule has 0 unspecified atom stereocenters. The summed E-state index contributed by atoms with van der Waals surface area (Å²) in [5.74, 6) is 0.419. The van der Waals surface area contributed by atoms with E-state index >= 15 is 0 Å². The van der Waals surface area contributed by atoms with Crippen LogP contribution >= 0.6 is 15.9 Å². The minimum atomic E-state index is 0.419. The molecule has 3 heteroatoms. The number of ketones is 1. The maximum atomic E-state index is 11.3. The first-order chi connectivity index (χ1) is 8.08. The molecule has 0 spiro atoms. The number of aryl methyl sites for hydroxylation is 1. The van der Waals surface area contributed by atoms with Crippen LogP contribution in [0.15, 0.2) is 22.7 Å². The molecule has 0 atom stereocenters. The highest BCUT2D eigenvalue weighted by Crippen LogP contribution is 2.28. The number of rotatable bonds is 2. The standard InChI is InChI=1S/C14H18BrNO/c1-10-9-11(15)3-8-14(10)16(2)12-4-6-13(17)7-5-12/h3,8-9,12H,4-7H2,1-2H3. The third-order valence-corrected chi connectivity index (χ3v) is 4.09. The number of halogens is 1. The third kappa shape index (κ3) is 2.89. The fourth-order valence-corrected chi connectivity index (χ4v) is 3.00. The van der Waals surface area contributed by atoms with Gasteiger partial charge in [0.15, 0.2) is 0 Å². The van der Waals surface area contributed by atoms with Gasteiger partial charge in [-0.25, -0.2) is 0 Å². The fraction of sp³-hybridized carbons (Fsp3) is 0.500. The molecule has 1 fully saturated rings. The van der Waals surface area contributed by atoms with Gasteiger partial charge in [0.25, 0.3) is 0 Å². The molecular weight excluding hydrogens is 278 g/mol. The van der Waals surface area contributed by atoms with E-state index in [0.29, 0.717) is 11.8 Å². The van der Waals surface area contributed by atoms with Gasteiger partial charge in [-0.05, 0) is 43.5 Å². The topological polar surface area (TPSA) is 20.3 Å². The number of benzene rings is 1. The maximum Gasteiger partial charge on any atom is 0.133 e. The van der Waals surface area contributed by atoms with Gasteiger partial charge in [-0.3, -0.25) is 4.79 Å². The molecule has 0 aliphatic heterocycles. The Morgan fingerprint density at radius 2 is 1.94 bits per heavy atom. The zero-order valence-corrected chi connectivity index (χ0v) is 12.0. The molecular formula is C14H18BrNO. The molecule has 1 aromatic rings. The predicted octanol–water partition coefficient (Wildman–Crippen LogP) is 3.71. The van der Waals surface area contributed by atoms with Crippen LogP contribution in [0.1, 0.15) is 31.2 Å². The summed E-state index contributed by atoms with van der Waals surface area (Å²) in [5, 5.41) is 0. The monoisotopic (exact) mass is 295 g/mol. The summed E-state index contributed by atoms with van der Waals surface area (Å²) in [7, 11) is 2.14. The van der Waals surface area contributed by atoms with Gasteiger partial charge >= 0.3 is 0 Å². The third-order valence-electron chi connectivity index (χ3n) is 3.60. The van der Waals surface area contributed by atoms with E-state index in [4.69, 9.17) is 0 Å². The molecule has 17 heavy (non-hydrogen) atoms. The summed E-state index contributed by atoms with van der Waals surface area (Å²) in [6.45, 7) is 2.13. The van der Waals surface area contributed by atoms with Gasteiger partial charge in [-0.2, -0.15) is 0 Å². The molecule has 1 saturated carbocycles. The fourth-order valence-electron chi connectivity index (χ4n) is 2.52. The molecule has 0 N–H and O–H groups in total. The van der Waals surface area contributed by atoms with Crippen molar-refractivity contribution in [3.63, 3.8) is 0 Å². The van der Waals surface area contributed by atoms with E-state index in [-0.39, 0.29) is 0 Å². The number of Topliss-reactive ketones (excluding diaryl/α,β-unsaturated/α-hetero) is 1. The first kappa shape index (κ1) is 12.6. The lowest BCUT2D eigenvalue weighted by Crippen LogP contribution is -2.35. The van der Waals surface area contributed by atoms with Crippen molar-refractivity contribution in [3.8, 4) is 0 Å². The van der Waals surface area contributed by atoms with Crippen molar-refractivity contribution in [2.75, 3.05) is 11.9 Å². The Morgan fingerprint density at radius 1 is 1.29 bits per heavy atom. The molecule has 92 valence electrons. The van der Waals surface area contributed by atoms with Crippen LogP contribution in [0.5, 0.6) is 0 Å². The highest BCUT2D eigenvalue weighted by atomic mass is 79.9.